The van der Waals surface area contributed by atoms with Crippen LogP contribution in [0, 0.1) is 6.92 Å². The van der Waals surface area contributed by atoms with Crippen LogP contribution in [0.4, 0.5) is 5.69 Å². The number of amides is 1. The molecule has 0 unspecified atom stereocenters. The molecule has 1 N–H and O–H groups in total. The largest absolute Gasteiger partial charge is 0.325 e. The van der Waals surface area contributed by atoms with Gasteiger partial charge < -0.3 is 5.32 Å². The molecule has 0 radical (unpaired) electrons. The van der Waals surface area contributed by atoms with Gasteiger partial charge >= 0.3 is 0 Å². The Bertz CT molecular complexity index is 700. The Labute approximate surface area is 156 Å². The summed E-state index contributed by atoms with van der Waals surface area (Å²) >= 11 is 4.67. The lowest BCUT2D eigenvalue weighted by atomic mass is 9.98. The zero-order chi connectivity index (χ0) is 17.7. The number of anilines is 1. The Morgan fingerprint density at radius 1 is 1.25 bits per heavy atom. The lowest BCUT2D eigenvalue weighted by molar-refractivity contribution is -0.115. The van der Waals surface area contributed by atoms with Crippen LogP contribution in [-0.2, 0) is 4.79 Å². The quantitative estimate of drug-likeness (QED) is 0.668. The monoisotopic (exact) mass is 381 g/mol. The minimum absolute atomic E-state index is 0.00362. The van der Waals surface area contributed by atoms with Crippen molar-refractivity contribution in [3.05, 3.63) is 29.3 Å². The normalized spacial score (nSPS) is 12.4. The van der Waals surface area contributed by atoms with E-state index in [1.54, 1.807) is 23.1 Å². The molecule has 1 aromatic heterocycles. The van der Waals surface area contributed by atoms with Gasteiger partial charge in [-0.2, -0.15) is 0 Å². The van der Waals surface area contributed by atoms with E-state index >= 15 is 0 Å². The smallest absolute Gasteiger partial charge is 0.237 e. The predicted octanol–water partition coefficient (Wildman–Crippen LogP) is 5.20. The van der Waals surface area contributed by atoms with Crippen molar-refractivity contribution in [2.24, 2.45) is 0 Å². The lowest BCUT2D eigenvalue weighted by Crippen LogP contribution is -2.23. The average Bonchev–Trinajstić information content (AvgIpc) is 2.96. The van der Waals surface area contributed by atoms with Crippen molar-refractivity contribution in [3.8, 4) is 0 Å². The van der Waals surface area contributed by atoms with Crippen LogP contribution in [-0.4, -0.2) is 27.1 Å². The molecule has 0 saturated carbocycles. The second-order valence-electron chi connectivity index (χ2n) is 5.71. The van der Waals surface area contributed by atoms with E-state index in [0.717, 1.165) is 31.2 Å². The van der Waals surface area contributed by atoms with Crippen molar-refractivity contribution in [1.29, 1.82) is 0 Å². The molecule has 2 aromatic rings. The van der Waals surface area contributed by atoms with Crippen LogP contribution in [0.1, 0.15) is 44.7 Å². The van der Waals surface area contributed by atoms with Gasteiger partial charge in [0, 0.05) is 5.69 Å². The maximum Gasteiger partial charge on any atom is 0.237 e. The van der Waals surface area contributed by atoms with E-state index < -0.39 is 0 Å². The molecule has 0 bridgehead atoms. The van der Waals surface area contributed by atoms with E-state index in [9.17, 15) is 4.79 Å². The van der Waals surface area contributed by atoms with E-state index in [4.69, 9.17) is 0 Å². The number of benzene rings is 1. The molecule has 0 fully saturated rings. The molecular weight excluding hydrogens is 358 g/mol. The summed E-state index contributed by atoms with van der Waals surface area (Å²) in [6.07, 6.45) is 0. The number of carbonyl (C=O) groups is 1. The van der Waals surface area contributed by atoms with Crippen LogP contribution >= 0.6 is 34.9 Å². The van der Waals surface area contributed by atoms with Crippen LogP contribution in [0.25, 0.3) is 0 Å². The molecule has 0 aliphatic rings. The van der Waals surface area contributed by atoms with Crippen LogP contribution in [0.2, 0.25) is 0 Å². The van der Waals surface area contributed by atoms with Gasteiger partial charge in [0.1, 0.15) is 0 Å². The van der Waals surface area contributed by atoms with Crippen molar-refractivity contribution < 1.29 is 4.79 Å². The van der Waals surface area contributed by atoms with Crippen molar-refractivity contribution in [3.63, 3.8) is 0 Å². The highest BCUT2D eigenvalue weighted by atomic mass is 32.2. The summed E-state index contributed by atoms with van der Waals surface area (Å²) < 4.78 is 1.79. The fourth-order valence-corrected chi connectivity index (χ4v) is 5.26. The van der Waals surface area contributed by atoms with Gasteiger partial charge in [-0.15, -0.1) is 10.2 Å². The molecule has 130 valence electrons. The highest BCUT2D eigenvalue weighted by Gasteiger charge is 2.19. The molecule has 4 nitrogen and oxygen atoms in total. The predicted molar refractivity (Wildman–Crippen MR) is 106 cm³/mol. The van der Waals surface area contributed by atoms with E-state index in [-0.39, 0.29) is 11.2 Å². The molecule has 0 aliphatic heterocycles. The van der Waals surface area contributed by atoms with Crippen molar-refractivity contribution in [1.82, 2.24) is 10.2 Å². The number of nitrogens with zero attached hydrogens (tertiary/aromatic N) is 2. The summed E-state index contributed by atoms with van der Waals surface area (Å²) in [5.41, 5.74) is 3.19. The fraction of sp³-hybridized carbons (Fsp3) is 0.471. The summed E-state index contributed by atoms with van der Waals surface area (Å²) in [5, 5.41) is 11.2. The number of nitrogens with one attached hydrogen (secondary N) is 1. The summed E-state index contributed by atoms with van der Waals surface area (Å²) in [7, 11) is 0. The van der Waals surface area contributed by atoms with Crippen LogP contribution in [0.3, 0.4) is 0 Å². The molecule has 1 heterocycles. The Morgan fingerprint density at radius 3 is 2.62 bits per heavy atom. The van der Waals surface area contributed by atoms with Gasteiger partial charge in [-0.3, -0.25) is 4.79 Å². The van der Waals surface area contributed by atoms with Gasteiger partial charge in [0.15, 0.2) is 8.68 Å². The minimum Gasteiger partial charge on any atom is -0.325 e. The van der Waals surface area contributed by atoms with Gasteiger partial charge in [-0.05, 0) is 36.6 Å². The standard InChI is InChI=1S/C17H23N3OS3/c1-6-22-16-19-20-17(24-16)23-12(5)15(21)18-14-11(4)8-7-9-13(14)10(2)3/h7-10,12H,6H2,1-5H3,(H,18,21)/t12-/m1/s1. The Kier molecular flexibility index (Phi) is 7.13. The third-order valence-electron chi connectivity index (χ3n) is 3.48. The molecule has 0 aliphatic carbocycles. The molecular formula is C17H23N3OS3. The highest BCUT2D eigenvalue weighted by Crippen LogP contribution is 2.32. The first-order chi connectivity index (χ1) is 11.4. The van der Waals surface area contributed by atoms with Crippen molar-refractivity contribution >= 4 is 46.5 Å². The van der Waals surface area contributed by atoms with Gasteiger partial charge in [0.05, 0.1) is 5.25 Å². The van der Waals surface area contributed by atoms with Gasteiger partial charge in [0.25, 0.3) is 0 Å². The first kappa shape index (κ1) is 19.3. The number of aryl methyl sites for hydroxylation is 1. The number of hydrogen-bond acceptors (Lipinski definition) is 6. The van der Waals surface area contributed by atoms with Crippen LogP contribution < -0.4 is 5.32 Å². The van der Waals surface area contributed by atoms with Gasteiger partial charge in [-0.25, -0.2) is 0 Å². The topological polar surface area (TPSA) is 54.9 Å². The molecule has 0 saturated heterocycles. The number of hydrogen-bond donors (Lipinski definition) is 1. The van der Waals surface area contributed by atoms with Crippen LogP contribution in [0.5, 0.6) is 0 Å². The SMILES string of the molecule is CCSc1nnc(S[C@H](C)C(=O)Nc2c(C)cccc2C(C)C)s1. The molecule has 24 heavy (non-hydrogen) atoms. The summed E-state index contributed by atoms with van der Waals surface area (Å²) in [4.78, 5) is 12.6. The summed E-state index contributed by atoms with van der Waals surface area (Å²) in [6.45, 7) is 10.3. The second-order valence-corrected chi connectivity index (χ2v) is 9.79. The molecule has 2 rings (SSSR count). The first-order valence-corrected chi connectivity index (χ1v) is 10.6. The van der Waals surface area contributed by atoms with Crippen molar-refractivity contribution in [2.45, 2.75) is 54.5 Å². The van der Waals surface area contributed by atoms with Gasteiger partial charge in [-0.1, -0.05) is 73.8 Å². The summed E-state index contributed by atoms with van der Waals surface area (Å²) in [6, 6.07) is 6.13. The zero-order valence-corrected chi connectivity index (χ0v) is 17.1. The van der Waals surface area contributed by atoms with E-state index in [2.05, 4.69) is 42.4 Å². The minimum atomic E-state index is -0.225. The summed E-state index contributed by atoms with van der Waals surface area (Å²) in [5.74, 6) is 1.33. The van der Waals surface area contributed by atoms with Gasteiger partial charge in [0.2, 0.25) is 5.91 Å². The average molecular weight is 382 g/mol. The molecule has 1 aromatic carbocycles. The second kappa shape index (κ2) is 8.87. The first-order valence-electron chi connectivity index (χ1n) is 7.95. The maximum atomic E-state index is 12.6. The van der Waals surface area contributed by atoms with E-state index in [1.807, 2.05) is 26.0 Å². The number of thioether (sulfide) groups is 2. The lowest BCUT2D eigenvalue weighted by Gasteiger charge is -2.18. The number of para-hydroxylation sites is 1. The highest BCUT2D eigenvalue weighted by molar-refractivity contribution is 8.03. The molecule has 7 heteroatoms. The third kappa shape index (κ3) is 4.97. The third-order valence-corrected chi connectivity index (χ3v) is 6.60. The Hall–Kier alpha value is -1.05. The Morgan fingerprint density at radius 2 is 1.96 bits per heavy atom. The maximum absolute atomic E-state index is 12.6. The zero-order valence-electron chi connectivity index (χ0n) is 14.6. The number of rotatable bonds is 7. The fourth-order valence-electron chi connectivity index (χ4n) is 2.20. The van der Waals surface area contributed by atoms with E-state index in [1.165, 1.54) is 11.8 Å². The van der Waals surface area contributed by atoms with Crippen molar-refractivity contribution in [2.75, 3.05) is 11.1 Å². The molecule has 1 amide bonds. The number of carbonyl (C=O) groups excluding carboxylic acids is 1. The molecule has 1 atom stereocenters. The number of aromatic nitrogens is 2. The Balaban J connectivity index is 2.06. The molecule has 0 spiro atoms. The van der Waals surface area contributed by atoms with Crippen LogP contribution in [0.15, 0.2) is 26.9 Å². The van der Waals surface area contributed by atoms with E-state index in [0.29, 0.717) is 5.92 Å².